The molecule has 0 saturated heterocycles. The Kier molecular flexibility index (Phi) is 6.83. The van der Waals surface area contributed by atoms with E-state index in [9.17, 15) is 13.2 Å². The van der Waals surface area contributed by atoms with Crippen molar-refractivity contribution in [1.82, 2.24) is 10.0 Å². The van der Waals surface area contributed by atoms with Gasteiger partial charge in [0.05, 0.1) is 17.5 Å². The summed E-state index contributed by atoms with van der Waals surface area (Å²) < 4.78 is 32.1. The third-order valence-corrected chi connectivity index (χ3v) is 4.73. The zero-order chi connectivity index (χ0) is 16.8. The van der Waals surface area contributed by atoms with Crippen LogP contribution in [0.25, 0.3) is 0 Å². The molecule has 0 unspecified atom stereocenters. The standard InChI is InChI=1S/C15H24N2O4S/c1-5-11(3)16-15(18)12(4)17-22(19,20)14-9-7-13(8-10-14)21-6-2/h7-12,17H,5-6H2,1-4H3,(H,16,18)/t11-,12+/m0/s1. The van der Waals surface area contributed by atoms with Crippen LogP contribution in [0.3, 0.4) is 0 Å². The first-order valence-corrected chi connectivity index (χ1v) is 8.84. The lowest BCUT2D eigenvalue weighted by Crippen LogP contribution is -2.47. The van der Waals surface area contributed by atoms with E-state index in [4.69, 9.17) is 4.74 Å². The second kappa shape index (κ2) is 8.14. The van der Waals surface area contributed by atoms with Gasteiger partial charge in [-0.05, 0) is 51.5 Å². The molecule has 0 aliphatic carbocycles. The molecular formula is C15H24N2O4S. The summed E-state index contributed by atoms with van der Waals surface area (Å²) in [6, 6.07) is 5.24. The fourth-order valence-electron chi connectivity index (χ4n) is 1.71. The normalized spacial score (nSPS) is 14.2. The van der Waals surface area contributed by atoms with Gasteiger partial charge in [-0.1, -0.05) is 6.92 Å². The number of nitrogens with one attached hydrogen (secondary N) is 2. The smallest absolute Gasteiger partial charge is 0.241 e. The maximum Gasteiger partial charge on any atom is 0.241 e. The molecule has 0 aliphatic heterocycles. The van der Waals surface area contributed by atoms with E-state index in [1.165, 1.54) is 19.1 Å². The quantitative estimate of drug-likeness (QED) is 0.760. The highest BCUT2D eigenvalue weighted by molar-refractivity contribution is 7.89. The van der Waals surface area contributed by atoms with Gasteiger partial charge in [-0.25, -0.2) is 8.42 Å². The second-order valence-electron chi connectivity index (χ2n) is 5.07. The molecule has 0 bridgehead atoms. The largest absolute Gasteiger partial charge is 0.494 e. The summed E-state index contributed by atoms with van der Waals surface area (Å²) in [6.45, 7) is 7.69. The second-order valence-corrected chi connectivity index (χ2v) is 6.78. The number of hydrogen-bond donors (Lipinski definition) is 2. The molecule has 124 valence electrons. The van der Waals surface area contributed by atoms with Crippen molar-refractivity contribution in [2.75, 3.05) is 6.61 Å². The lowest BCUT2D eigenvalue weighted by molar-refractivity contribution is -0.122. The van der Waals surface area contributed by atoms with Gasteiger partial charge in [0, 0.05) is 6.04 Å². The summed E-state index contributed by atoms with van der Waals surface area (Å²) in [4.78, 5) is 12.0. The summed E-state index contributed by atoms with van der Waals surface area (Å²) >= 11 is 0. The third-order valence-electron chi connectivity index (χ3n) is 3.17. The number of carbonyl (C=O) groups is 1. The zero-order valence-corrected chi connectivity index (χ0v) is 14.2. The van der Waals surface area contributed by atoms with Gasteiger partial charge < -0.3 is 10.1 Å². The van der Waals surface area contributed by atoms with Crippen molar-refractivity contribution in [2.24, 2.45) is 0 Å². The van der Waals surface area contributed by atoms with Gasteiger partial charge in [-0.3, -0.25) is 4.79 Å². The molecule has 2 N–H and O–H groups in total. The molecule has 0 fully saturated rings. The summed E-state index contributed by atoms with van der Waals surface area (Å²) in [6.07, 6.45) is 0.782. The van der Waals surface area contributed by atoms with Crippen molar-refractivity contribution >= 4 is 15.9 Å². The first kappa shape index (κ1) is 18.4. The van der Waals surface area contributed by atoms with Crippen LogP contribution in [-0.2, 0) is 14.8 Å². The van der Waals surface area contributed by atoms with Gasteiger partial charge >= 0.3 is 0 Å². The van der Waals surface area contributed by atoms with Gasteiger partial charge in [0.1, 0.15) is 5.75 Å². The first-order chi connectivity index (χ1) is 10.3. The van der Waals surface area contributed by atoms with Gasteiger partial charge in [0.25, 0.3) is 0 Å². The highest BCUT2D eigenvalue weighted by Crippen LogP contribution is 2.16. The Balaban J connectivity index is 2.75. The summed E-state index contributed by atoms with van der Waals surface area (Å²) in [5.74, 6) is 0.257. The highest BCUT2D eigenvalue weighted by atomic mass is 32.2. The molecule has 0 radical (unpaired) electrons. The Morgan fingerprint density at radius 2 is 1.77 bits per heavy atom. The topological polar surface area (TPSA) is 84.5 Å². The number of sulfonamides is 1. The predicted octanol–water partition coefficient (Wildman–Crippen LogP) is 1.67. The number of amides is 1. The molecular weight excluding hydrogens is 304 g/mol. The van der Waals surface area contributed by atoms with Gasteiger partial charge in [-0.15, -0.1) is 0 Å². The van der Waals surface area contributed by atoms with E-state index in [0.29, 0.717) is 12.4 Å². The van der Waals surface area contributed by atoms with Crippen LogP contribution in [0.1, 0.15) is 34.1 Å². The molecule has 6 nitrogen and oxygen atoms in total. The van der Waals surface area contributed by atoms with Crippen LogP contribution in [0.5, 0.6) is 5.75 Å². The molecule has 1 amide bonds. The number of ether oxygens (including phenoxy) is 1. The fourth-order valence-corrected chi connectivity index (χ4v) is 2.91. The van der Waals surface area contributed by atoms with E-state index in [0.717, 1.165) is 6.42 Å². The Hall–Kier alpha value is -1.60. The van der Waals surface area contributed by atoms with Crippen LogP contribution in [0.15, 0.2) is 29.2 Å². The first-order valence-electron chi connectivity index (χ1n) is 7.35. The molecule has 0 spiro atoms. The predicted molar refractivity (Wildman–Crippen MR) is 85.3 cm³/mol. The number of rotatable bonds is 8. The third kappa shape index (κ3) is 5.31. The maximum atomic E-state index is 12.2. The molecule has 0 aromatic heterocycles. The van der Waals surface area contributed by atoms with Crippen molar-refractivity contribution in [3.63, 3.8) is 0 Å². The van der Waals surface area contributed by atoms with Crippen LogP contribution in [-0.4, -0.2) is 33.0 Å². The van der Waals surface area contributed by atoms with E-state index in [2.05, 4.69) is 10.0 Å². The highest BCUT2D eigenvalue weighted by Gasteiger charge is 2.22. The molecule has 22 heavy (non-hydrogen) atoms. The Labute approximate surface area is 132 Å². The van der Waals surface area contributed by atoms with Gasteiger partial charge in [0.2, 0.25) is 15.9 Å². The van der Waals surface area contributed by atoms with E-state index in [1.807, 2.05) is 20.8 Å². The maximum absolute atomic E-state index is 12.2. The minimum absolute atomic E-state index is 0.00456. The molecule has 2 atom stereocenters. The van der Waals surface area contributed by atoms with Crippen LogP contribution < -0.4 is 14.8 Å². The van der Waals surface area contributed by atoms with E-state index in [1.54, 1.807) is 12.1 Å². The van der Waals surface area contributed by atoms with Crippen LogP contribution in [0.4, 0.5) is 0 Å². The van der Waals surface area contributed by atoms with Crippen molar-refractivity contribution in [2.45, 2.75) is 51.1 Å². The monoisotopic (exact) mass is 328 g/mol. The number of carbonyl (C=O) groups excluding carboxylic acids is 1. The minimum Gasteiger partial charge on any atom is -0.494 e. The van der Waals surface area contributed by atoms with Crippen molar-refractivity contribution in [1.29, 1.82) is 0 Å². The van der Waals surface area contributed by atoms with Crippen LogP contribution in [0.2, 0.25) is 0 Å². The van der Waals surface area contributed by atoms with Crippen molar-refractivity contribution < 1.29 is 17.9 Å². The van der Waals surface area contributed by atoms with Crippen molar-refractivity contribution in [3.05, 3.63) is 24.3 Å². The zero-order valence-electron chi connectivity index (χ0n) is 13.4. The Morgan fingerprint density at radius 3 is 2.27 bits per heavy atom. The minimum atomic E-state index is -3.75. The molecule has 0 aliphatic rings. The van der Waals surface area contributed by atoms with E-state index < -0.39 is 16.1 Å². The summed E-state index contributed by atoms with van der Waals surface area (Å²) in [5, 5.41) is 2.74. The van der Waals surface area contributed by atoms with Crippen LogP contribution >= 0.6 is 0 Å². The molecule has 1 aromatic rings. The summed E-state index contributed by atoms with van der Waals surface area (Å²) in [5.41, 5.74) is 0. The van der Waals surface area contributed by atoms with E-state index in [-0.39, 0.29) is 16.8 Å². The lowest BCUT2D eigenvalue weighted by atomic mass is 10.2. The molecule has 1 rings (SSSR count). The Bertz CT molecular complexity index is 584. The number of benzene rings is 1. The lowest BCUT2D eigenvalue weighted by Gasteiger charge is -2.17. The Morgan fingerprint density at radius 1 is 1.18 bits per heavy atom. The number of hydrogen-bond acceptors (Lipinski definition) is 4. The molecule has 7 heteroatoms. The average Bonchev–Trinajstić information content (AvgIpc) is 2.47. The average molecular weight is 328 g/mol. The molecule has 1 aromatic carbocycles. The molecule has 0 heterocycles. The summed E-state index contributed by atoms with van der Waals surface area (Å²) in [7, 11) is -3.75. The van der Waals surface area contributed by atoms with Crippen molar-refractivity contribution in [3.8, 4) is 5.75 Å². The van der Waals surface area contributed by atoms with Crippen LogP contribution in [0, 0.1) is 0 Å². The SMILES string of the molecule is CCOc1ccc(S(=O)(=O)N[C@H](C)C(=O)N[C@@H](C)CC)cc1. The van der Waals surface area contributed by atoms with E-state index >= 15 is 0 Å². The molecule has 0 saturated carbocycles. The fraction of sp³-hybridized carbons (Fsp3) is 0.533. The van der Waals surface area contributed by atoms with Gasteiger partial charge in [0.15, 0.2) is 0 Å². The van der Waals surface area contributed by atoms with Gasteiger partial charge in [-0.2, -0.15) is 4.72 Å².